The molecule has 23 heavy (non-hydrogen) atoms. The highest BCUT2D eigenvalue weighted by atomic mass is 16.5. The zero-order valence-corrected chi connectivity index (χ0v) is 13.2. The summed E-state index contributed by atoms with van der Waals surface area (Å²) >= 11 is 0. The summed E-state index contributed by atoms with van der Waals surface area (Å²) < 4.78 is 4.69. The minimum Gasteiger partial charge on any atom is -0.465 e. The van der Waals surface area contributed by atoms with Gasteiger partial charge in [-0.15, -0.1) is 0 Å². The SMILES string of the molecule is COC(=O)c1ccc(Nc2ccnc(N3CCCCC3)n2)cc1. The Balaban J connectivity index is 1.71. The normalized spacial score (nSPS) is 14.4. The first-order chi connectivity index (χ1) is 11.3. The first-order valence-electron chi connectivity index (χ1n) is 7.79. The van der Waals surface area contributed by atoms with Crippen molar-refractivity contribution in [2.24, 2.45) is 0 Å². The first-order valence-corrected chi connectivity index (χ1v) is 7.79. The van der Waals surface area contributed by atoms with E-state index in [0.717, 1.165) is 30.5 Å². The maximum Gasteiger partial charge on any atom is 0.337 e. The van der Waals surface area contributed by atoms with Crippen LogP contribution in [0.5, 0.6) is 0 Å². The summed E-state index contributed by atoms with van der Waals surface area (Å²) in [5.41, 5.74) is 1.38. The van der Waals surface area contributed by atoms with Crippen molar-refractivity contribution in [3.63, 3.8) is 0 Å². The highest BCUT2D eigenvalue weighted by Crippen LogP contribution is 2.20. The Morgan fingerprint density at radius 3 is 2.57 bits per heavy atom. The van der Waals surface area contributed by atoms with Crippen LogP contribution in [0.2, 0.25) is 0 Å². The van der Waals surface area contributed by atoms with E-state index in [2.05, 4.69) is 20.2 Å². The van der Waals surface area contributed by atoms with Crippen LogP contribution in [-0.4, -0.2) is 36.1 Å². The van der Waals surface area contributed by atoms with Gasteiger partial charge in [-0.3, -0.25) is 0 Å². The fraction of sp³-hybridized carbons (Fsp3) is 0.353. The van der Waals surface area contributed by atoms with Crippen LogP contribution in [0.15, 0.2) is 36.5 Å². The number of aromatic nitrogens is 2. The first kappa shape index (κ1) is 15.3. The summed E-state index contributed by atoms with van der Waals surface area (Å²) in [6, 6.07) is 8.94. The van der Waals surface area contributed by atoms with E-state index in [1.165, 1.54) is 26.4 Å². The van der Waals surface area contributed by atoms with Gasteiger partial charge >= 0.3 is 5.97 Å². The average Bonchev–Trinajstić information content (AvgIpc) is 2.63. The number of methoxy groups -OCH3 is 1. The second-order valence-corrected chi connectivity index (χ2v) is 5.48. The van der Waals surface area contributed by atoms with Crippen molar-refractivity contribution < 1.29 is 9.53 Å². The summed E-state index contributed by atoms with van der Waals surface area (Å²) in [5.74, 6) is 1.17. The summed E-state index contributed by atoms with van der Waals surface area (Å²) in [4.78, 5) is 22.6. The number of ether oxygens (including phenoxy) is 1. The Bertz CT molecular complexity index is 667. The van der Waals surface area contributed by atoms with Crippen LogP contribution in [0.1, 0.15) is 29.6 Å². The molecule has 2 heterocycles. The van der Waals surface area contributed by atoms with Crippen LogP contribution in [0.25, 0.3) is 0 Å². The number of anilines is 3. The van der Waals surface area contributed by atoms with E-state index in [4.69, 9.17) is 4.74 Å². The van der Waals surface area contributed by atoms with Crippen molar-refractivity contribution in [1.82, 2.24) is 9.97 Å². The van der Waals surface area contributed by atoms with Gasteiger partial charge in [-0.2, -0.15) is 4.98 Å². The Morgan fingerprint density at radius 1 is 1.13 bits per heavy atom. The Labute approximate surface area is 135 Å². The van der Waals surface area contributed by atoms with Crippen LogP contribution < -0.4 is 10.2 Å². The number of benzene rings is 1. The molecule has 1 aliphatic heterocycles. The third kappa shape index (κ3) is 3.77. The van der Waals surface area contributed by atoms with E-state index < -0.39 is 0 Å². The lowest BCUT2D eigenvalue weighted by Gasteiger charge is -2.26. The molecule has 3 rings (SSSR count). The Morgan fingerprint density at radius 2 is 1.87 bits per heavy atom. The molecular formula is C17H20N4O2. The van der Waals surface area contributed by atoms with Crippen LogP contribution >= 0.6 is 0 Å². The monoisotopic (exact) mass is 312 g/mol. The molecular weight excluding hydrogens is 292 g/mol. The molecule has 0 amide bonds. The van der Waals surface area contributed by atoms with Gasteiger partial charge in [0, 0.05) is 25.0 Å². The Hall–Kier alpha value is -2.63. The van der Waals surface area contributed by atoms with E-state index >= 15 is 0 Å². The van der Waals surface area contributed by atoms with Gasteiger partial charge in [-0.25, -0.2) is 9.78 Å². The van der Waals surface area contributed by atoms with Gasteiger partial charge < -0.3 is 15.0 Å². The second-order valence-electron chi connectivity index (χ2n) is 5.48. The van der Waals surface area contributed by atoms with Gasteiger partial charge in [-0.05, 0) is 49.6 Å². The van der Waals surface area contributed by atoms with Gasteiger partial charge in [0.25, 0.3) is 0 Å². The maximum absolute atomic E-state index is 11.4. The molecule has 120 valence electrons. The topological polar surface area (TPSA) is 67.3 Å². The molecule has 0 spiro atoms. The average molecular weight is 312 g/mol. The fourth-order valence-electron chi connectivity index (χ4n) is 2.62. The van der Waals surface area contributed by atoms with Crippen LogP contribution in [-0.2, 0) is 4.74 Å². The number of nitrogens with zero attached hydrogens (tertiary/aromatic N) is 3. The maximum atomic E-state index is 11.4. The van der Waals surface area contributed by atoms with E-state index in [1.54, 1.807) is 18.3 Å². The van der Waals surface area contributed by atoms with Gasteiger partial charge in [0.2, 0.25) is 5.95 Å². The number of hydrogen-bond donors (Lipinski definition) is 1. The second kappa shape index (κ2) is 7.09. The largest absolute Gasteiger partial charge is 0.465 e. The van der Waals surface area contributed by atoms with Crippen LogP contribution in [0.3, 0.4) is 0 Å². The molecule has 1 aromatic carbocycles. The predicted molar refractivity (Wildman–Crippen MR) is 89.2 cm³/mol. The molecule has 1 fully saturated rings. The smallest absolute Gasteiger partial charge is 0.337 e. The predicted octanol–water partition coefficient (Wildman–Crippen LogP) is 3.00. The van der Waals surface area contributed by atoms with Crippen molar-refractivity contribution >= 4 is 23.4 Å². The zero-order chi connectivity index (χ0) is 16.1. The number of rotatable bonds is 4. The number of piperidine rings is 1. The molecule has 0 saturated carbocycles. The summed E-state index contributed by atoms with van der Waals surface area (Å²) in [5, 5.41) is 3.24. The number of esters is 1. The minimum atomic E-state index is -0.342. The lowest BCUT2D eigenvalue weighted by Crippen LogP contribution is -2.31. The summed E-state index contributed by atoms with van der Waals surface area (Å²) in [6.07, 6.45) is 5.43. The molecule has 6 heteroatoms. The van der Waals surface area contributed by atoms with Crippen molar-refractivity contribution in [1.29, 1.82) is 0 Å². The number of nitrogens with one attached hydrogen (secondary N) is 1. The molecule has 1 aromatic heterocycles. The van der Waals surface area contributed by atoms with Crippen molar-refractivity contribution in [3.8, 4) is 0 Å². The molecule has 1 N–H and O–H groups in total. The lowest BCUT2D eigenvalue weighted by atomic mass is 10.1. The van der Waals surface area contributed by atoms with Crippen LogP contribution in [0.4, 0.5) is 17.5 Å². The molecule has 0 radical (unpaired) electrons. The van der Waals surface area contributed by atoms with Crippen LogP contribution in [0, 0.1) is 0 Å². The van der Waals surface area contributed by atoms with Crippen molar-refractivity contribution in [2.45, 2.75) is 19.3 Å². The lowest BCUT2D eigenvalue weighted by molar-refractivity contribution is 0.0601. The fourth-order valence-corrected chi connectivity index (χ4v) is 2.62. The molecule has 1 saturated heterocycles. The van der Waals surface area contributed by atoms with Crippen molar-refractivity contribution in [3.05, 3.63) is 42.1 Å². The van der Waals surface area contributed by atoms with Gasteiger partial charge in [-0.1, -0.05) is 0 Å². The molecule has 1 aliphatic rings. The highest BCUT2D eigenvalue weighted by Gasteiger charge is 2.13. The van der Waals surface area contributed by atoms with Gasteiger partial charge in [0.05, 0.1) is 12.7 Å². The van der Waals surface area contributed by atoms with E-state index in [0.29, 0.717) is 5.56 Å². The molecule has 0 bridgehead atoms. The van der Waals surface area contributed by atoms with Gasteiger partial charge in [0.1, 0.15) is 5.82 Å². The quantitative estimate of drug-likeness (QED) is 0.875. The number of hydrogen-bond acceptors (Lipinski definition) is 6. The highest BCUT2D eigenvalue weighted by molar-refractivity contribution is 5.89. The van der Waals surface area contributed by atoms with E-state index in [-0.39, 0.29) is 5.97 Å². The Kier molecular flexibility index (Phi) is 4.71. The summed E-state index contributed by atoms with van der Waals surface area (Å²) in [6.45, 7) is 2.02. The standard InChI is InChI=1S/C17H20N4O2/c1-23-16(22)13-5-7-14(8-6-13)19-15-9-10-18-17(20-15)21-11-3-2-4-12-21/h5-10H,2-4,11-12H2,1H3,(H,18,19,20). The molecule has 0 unspecified atom stereocenters. The van der Waals surface area contributed by atoms with Crippen molar-refractivity contribution in [2.75, 3.05) is 30.4 Å². The minimum absolute atomic E-state index is 0.342. The van der Waals surface area contributed by atoms with Gasteiger partial charge in [0.15, 0.2) is 0 Å². The summed E-state index contributed by atoms with van der Waals surface area (Å²) in [7, 11) is 1.37. The molecule has 0 atom stereocenters. The molecule has 0 aliphatic carbocycles. The van der Waals surface area contributed by atoms with E-state index in [1.807, 2.05) is 18.2 Å². The number of carbonyl (C=O) groups is 1. The number of carbonyl (C=O) groups excluding carboxylic acids is 1. The molecule has 6 nitrogen and oxygen atoms in total. The third-order valence-electron chi connectivity index (χ3n) is 3.86. The molecule has 2 aromatic rings. The third-order valence-corrected chi connectivity index (χ3v) is 3.86. The van der Waals surface area contributed by atoms with E-state index in [9.17, 15) is 4.79 Å². The zero-order valence-electron chi connectivity index (χ0n) is 13.2.